The smallest absolute Gasteiger partial charge is 0.291 e. The number of aromatic nitrogens is 2. The number of phenols is 1. The van der Waals surface area contributed by atoms with Crippen LogP contribution in [0.1, 0.15) is 21.6 Å². The lowest BCUT2D eigenvalue weighted by Gasteiger charge is -2.05. The van der Waals surface area contributed by atoms with Gasteiger partial charge in [0.05, 0.1) is 12.8 Å². The van der Waals surface area contributed by atoms with E-state index in [-0.39, 0.29) is 11.4 Å². The molecule has 0 aliphatic rings. The number of para-hydroxylation sites is 1. The van der Waals surface area contributed by atoms with E-state index in [0.29, 0.717) is 22.2 Å². The predicted molar refractivity (Wildman–Crippen MR) is 101 cm³/mol. The van der Waals surface area contributed by atoms with Crippen molar-refractivity contribution in [3.63, 3.8) is 0 Å². The highest BCUT2D eigenvalue weighted by Crippen LogP contribution is 2.21. The molecule has 132 valence electrons. The first kappa shape index (κ1) is 18.0. The van der Waals surface area contributed by atoms with E-state index in [1.54, 1.807) is 47.3 Å². The minimum atomic E-state index is -0.461. The number of hydrogen-bond acceptors (Lipinski definition) is 4. The fourth-order valence-electron chi connectivity index (χ4n) is 2.21. The summed E-state index contributed by atoms with van der Waals surface area (Å²) in [5, 5.41) is 18.8. The molecule has 0 aliphatic carbocycles. The molecule has 8 heteroatoms. The number of rotatable bonds is 5. The third kappa shape index (κ3) is 4.41. The van der Waals surface area contributed by atoms with Crippen LogP contribution in [0.2, 0.25) is 10.0 Å². The molecule has 6 nitrogen and oxygen atoms in total. The number of hydrazone groups is 1. The highest BCUT2D eigenvalue weighted by atomic mass is 35.5. The number of amides is 1. The van der Waals surface area contributed by atoms with Gasteiger partial charge in [-0.15, -0.1) is 0 Å². The second kappa shape index (κ2) is 8.03. The minimum absolute atomic E-state index is 0.0784. The van der Waals surface area contributed by atoms with E-state index < -0.39 is 5.91 Å². The van der Waals surface area contributed by atoms with Crippen molar-refractivity contribution >= 4 is 35.3 Å². The fourth-order valence-corrected chi connectivity index (χ4v) is 2.68. The maximum absolute atomic E-state index is 12.1. The van der Waals surface area contributed by atoms with Gasteiger partial charge in [-0.25, -0.2) is 5.43 Å². The first-order valence-electron chi connectivity index (χ1n) is 7.62. The molecule has 1 heterocycles. The number of phenolic OH excluding ortho intramolecular Hbond substituents is 1. The largest absolute Gasteiger partial charge is 0.507 e. The van der Waals surface area contributed by atoms with Crippen molar-refractivity contribution in [3.8, 4) is 5.75 Å². The van der Waals surface area contributed by atoms with E-state index in [1.807, 2.05) is 6.07 Å². The SMILES string of the molecule is O=C(N/N=C/c1ccccc1O)c1ccn(Cc2ccc(Cl)cc2Cl)n1. The van der Waals surface area contributed by atoms with Gasteiger partial charge in [0.15, 0.2) is 5.69 Å². The zero-order valence-electron chi connectivity index (χ0n) is 13.4. The predicted octanol–water partition coefficient (Wildman–Crippen LogP) is 3.71. The van der Waals surface area contributed by atoms with Gasteiger partial charge in [0.2, 0.25) is 0 Å². The maximum atomic E-state index is 12.1. The number of aromatic hydroxyl groups is 1. The van der Waals surface area contributed by atoms with Gasteiger partial charge in [-0.3, -0.25) is 9.48 Å². The Balaban J connectivity index is 1.63. The summed E-state index contributed by atoms with van der Waals surface area (Å²) in [7, 11) is 0. The van der Waals surface area contributed by atoms with Crippen LogP contribution in [0.25, 0.3) is 0 Å². The number of carbonyl (C=O) groups is 1. The van der Waals surface area contributed by atoms with Crippen LogP contribution in [0.4, 0.5) is 0 Å². The molecule has 0 fully saturated rings. The zero-order chi connectivity index (χ0) is 18.5. The average Bonchev–Trinajstić information content (AvgIpc) is 3.08. The van der Waals surface area contributed by atoms with Gasteiger partial charge < -0.3 is 5.11 Å². The second-order valence-electron chi connectivity index (χ2n) is 5.39. The molecule has 1 amide bonds. The Morgan fingerprint density at radius 1 is 1.23 bits per heavy atom. The lowest BCUT2D eigenvalue weighted by Crippen LogP contribution is -2.18. The van der Waals surface area contributed by atoms with Crippen molar-refractivity contribution < 1.29 is 9.90 Å². The van der Waals surface area contributed by atoms with Crippen LogP contribution >= 0.6 is 23.2 Å². The van der Waals surface area contributed by atoms with E-state index in [9.17, 15) is 9.90 Å². The molecular formula is C18H14Cl2N4O2. The Morgan fingerprint density at radius 2 is 2.04 bits per heavy atom. The summed E-state index contributed by atoms with van der Waals surface area (Å²) in [6.45, 7) is 0.407. The number of nitrogens with zero attached hydrogens (tertiary/aromatic N) is 3. The molecule has 0 radical (unpaired) electrons. The monoisotopic (exact) mass is 388 g/mol. The summed E-state index contributed by atoms with van der Waals surface area (Å²) in [6, 6.07) is 13.5. The third-order valence-electron chi connectivity index (χ3n) is 3.53. The van der Waals surface area contributed by atoms with Crippen molar-refractivity contribution in [3.05, 3.63) is 81.6 Å². The molecule has 0 saturated carbocycles. The Morgan fingerprint density at radius 3 is 2.81 bits per heavy atom. The van der Waals surface area contributed by atoms with Crippen molar-refractivity contribution in [1.29, 1.82) is 0 Å². The van der Waals surface area contributed by atoms with Gasteiger partial charge in [-0.1, -0.05) is 41.4 Å². The summed E-state index contributed by atoms with van der Waals surface area (Å²) < 4.78 is 1.59. The van der Waals surface area contributed by atoms with Crippen LogP contribution in [0.5, 0.6) is 5.75 Å². The third-order valence-corrected chi connectivity index (χ3v) is 4.11. The summed E-state index contributed by atoms with van der Waals surface area (Å²) >= 11 is 12.0. The standard InChI is InChI=1S/C18H14Cl2N4O2/c19-14-6-5-13(15(20)9-14)11-24-8-7-16(23-24)18(26)22-21-10-12-3-1-2-4-17(12)25/h1-10,25H,11H2,(H,22,26)/b21-10+. The van der Waals surface area contributed by atoms with E-state index in [1.165, 1.54) is 12.3 Å². The van der Waals surface area contributed by atoms with Crippen LogP contribution in [-0.4, -0.2) is 27.0 Å². The van der Waals surface area contributed by atoms with E-state index in [2.05, 4.69) is 15.6 Å². The fraction of sp³-hybridized carbons (Fsp3) is 0.0556. The van der Waals surface area contributed by atoms with Gasteiger partial charge >= 0.3 is 0 Å². The Kier molecular flexibility index (Phi) is 5.55. The molecule has 3 rings (SSSR count). The van der Waals surface area contributed by atoms with Crippen molar-refractivity contribution in [1.82, 2.24) is 15.2 Å². The molecule has 0 unspecified atom stereocenters. The number of nitrogens with one attached hydrogen (secondary N) is 1. The van der Waals surface area contributed by atoms with E-state index in [0.717, 1.165) is 5.56 Å². The lowest BCUT2D eigenvalue weighted by molar-refractivity contribution is 0.0949. The summed E-state index contributed by atoms with van der Waals surface area (Å²) in [5.74, 6) is -0.382. The first-order chi connectivity index (χ1) is 12.5. The van der Waals surface area contributed by atoms with Gasteiger partial charge in [0.1, 0.15) is 5.75 Å². The Bertz CT molecular complexity index is 969. The topological polar surface area (TPSA) is 79.5 Å². The molecule has 2 N–H and O–H groups in total. The molecule has 0 aliphatic heterocycles. The van der Waals surface area contributed by atoms with Crippen LogP contribution in [0.3, 0.4) is 0 Å². The zero-order valence-corrected chi connectivity index (χ0v) is 14.9. The lowest BCUT2D eigenvalue weighted by atomic mass is 10.2. The average molecular weight is 389 g/mol. The minimum Gasteiger partial charge on any atom is -0.507 e. The molecule has 26 heavy (non-hydrogen) atoms. The first-order valence-corrected chi connectivity index (χ1v) is 8.37. The molecule has 1 aromatic heterocycles. The van der Waals surface area contributed by atoms with Crippen LogP contribution in [-0.2, 0) is 6.54 Å². The van der Waals surface area contributed by atoms with Gasteiger partial charge in [-0.2, -0.15) is 10.2 Å². The summed E-state index contributed by atoms with van der Waals surface area (Å²) in [4.78, 5) is 12.1. The molecule has 3 aromatic rings. The van der Waals surface area contributed by atoms with Gasteiger partial charge in [0.25, 0.3) is 5.91 Å². The molecule has 0 atom stereocenters. The van der Waals surface area contributed by atoms with Gasteiger partial charge in [-0.05, 0) is 35.9 Å². The molecular weight excluding hydrogens is 375 g/mol. The molecule has 0 saturated heterocycles. The molecule has 0 spiro atoms. The maximum Gasteiger partial charge on any atom is 0.291 e. The van der Waals surface area contributed by atoms with Crippen LogP contribution in [0, 0.1) is 0 Å². The normalized spacial score (nSPS) is 11.0. The molecule has 2 aromatic carbocycles. The Hall–Kier alpha value is -2.83. The summed E-state index contributed by atoms with van der Waals surface area (Å²) in [6.07, 6.45) is 3.03. The quantitative estimate of drug-likeness (QED) is 0.516. The van der Waals surface area contributed by atoms with E-state index in [4.69, 9.17) is 23.2 Å². The number of benzene rings is 2. The molecule has 0 bridgehead atoms. The van der Waals surface area contributed by atoms with Crippen LogP contribution < -0.4 is 5.43 Å². The van der Waals surface area contributed by atoms with Crippen molar-refractivity contribution in [2.24, 2.45) is 5.10 Å². The van der Waals surface area contributed by atoms with Crippen LogP contribution in [0.15, 0.2) is 59.8 Å². The highest BCUT2D eigenvalue weighted by molar-refractivity contribution is 6.35. The second-order valence-corrected chi connectivity index (χ2v) is 6.24. The number of carbonyl (C=O) groups excluding carboxylic acids is 1. The van der Waals surface area contributed by atoms with Crippen molar-refractivity contribution in [2.45, 2.75) is 6.54 Å². The Labute approximate surface area is 159 Å². The van der Waals surface area contributed by atoms with Gasteiger partial charge in [0, 0.05) is 21.8 Å². The summed E-state index contributed by atoms with van der Waals surface area (Å²) in [5.41, 5.74) is 3.92. The van der Waals surface area contributed by atoms with Crippen molar-refractivity contribution in [2.75, 3.05) is 0 Å². The number of hydrogen-bond donors (Lipinski definition) is 2. The van der Waals surface area contributed by atoms with E-state index >= 15 is 0 Å². The number of halogens is 2. The highest BCUT2D eigenvalue weighted by Gasteiger charge is 2.10.